The van der Waals surface area contributed by atoms with E-state index in [-0.39, 0.29) is 0 Å². The summed E-state index contributed by atoms with van der Waals surface area (Å²) in [4.78, 5) is 7.14. The first-order valence-electron chi connectivity index (χ1n) is 8.96. The fourth-order valence-electron chi connectivity index (χ4n) is 3.65. The Bertz CT molecular complexity index is 958. The summed E-state index contributed by atoms with van der Waals surface area (Å²) in [6, 6.07) is 8.02. The van der Waals surface area contributed by atoms with Gasteiger partial charge in [-0.1, -0.05) is 0 Å². The molecule has 2 aromatic heterocycles. The molecule has 0 N–H and O–H groups in total. The highest BCUT2D eigenvalue weighted by Gasteiger charge is 2.21. The van der Waals surface area contributed by atoms with Crippen molar-refractivity contribution >= 4 is 11.5 Å². The molecule has 0 atom stereocenters. The number of hydrogen-bond acceptors (Lipinski definition) is 5. The van der Waals surface area contributed by atoms with E-state index in [0.29, 0.717) is 11.5 Å². The number of aromatic nitrogens is 3. The molecule has 1 aromatic carbocycles. The van der Waals surface area contributed by atoms with Crippen LogP contribution in [0.4, 0.5) is 5.82 Å². The van der Waals surface area contributed by atoms with Crippen molar-refractivity contribution in [2.75, 3.05) is 32.2 Å². The first-order valence-corrected chi connectivity index (χ1v) is 8.96. The van der Waals surface area contributed by atoms with Crippen LogP contribution in [-0.4, -0.2) is 41.9 Å². The van der Waals surface area contributed by atoms with Crippen molar-refractivity contribution in [1.82, 2.24) is 14.6 Å². The molecule has 4 rings (SSSR count). The van der Waals surface area contributed by atoms with E-state index in [2.05, 4.69) is 17.9 Å². The number of anilines is 1. The van der Waals surface area contributed by atoms with E-state index in [1.165, 1.54) is 12.8 Å². The third-order valence-electron chi connectivity index (χ3n) is 5.02. The molecule has 0 aliphatic carbocycles. The number of methoxy groups -OCH3 is 2. The highest BCUT2D eigenvalue weighted by molar-refractivity contribution is 5.73. The van der Waals surface area contributed by atoms with Crippen LogP contribution in [0.5, 0.6) is 11.5 Å². The Morgan fingerprint density at radius 2 is 1.69 bits per heavy atom. The molecular formula is C20H24N4O2. The fourth-order valence-corrected chi connectivity index (χ4v) is 3.65. The average Bonchev–Trinajstić information content (AvgIpc) is 3.29. The van der Waals surface area contributed by atoms with E-state index in [0.717, 1.165) is 47.1 Å². The SMILES string of the molecule is COc1ccc(-c2nn3c(N4CCCC4)cc(C)nc3c2C)cc1OC. The van der Waals surface area contributed by atoms with Crippen LogP contribution in [0.2, 0.25) is 0 Å². The fraction of sp³-hybridized carbons (Fsp3) is 0.400. The second-order valence-corrected chi connectivity index (χ2v) is 6.73. The van der Waals surface area contributed by atoms with Crippen molar-refractivity contribution in [2.24, 2.45) is 0 Å². The Morgan fingerprint density at radius 1 is 0.962 bits per heavy atom. The summed E-state index contributed by atoms with van der Waals surface area (Å²) in [6.45, 7) is 6.27. The van der Waals surface area contributed by atoms with Gasteiger partial charge in [-0.25, -0.2) is 4.98 Å². The van der Waals surface area contributed by atoms with Crippen LogP contribution in [0.3, 0.4) is 0 Å². The Labute approximate surface area is 153 Å². The van der Waals surface area contributed by atoms with E-state index in [4.69, 9.17) is 19.6 Å². The smallest absolute Gasteiger partial charge is 0.161 e. The minimum atomic E-state index is 0.699. The molecule has 0 amide bonds. The summed E-state index contributed by atoms with van der Waals surface area (Å²) in [5, 5.41) is 4.92. The number of benzene rings is 1. The molecule has 1 fully saturated rings. The van der Waals surface area contributed by atoms with E-state index in [1.54, 1.807) is 14.2 Å². The predicted molar refractivity (Wildman–Crippen MR) is 102 cm³/mol. The van der Waals surface area contributed by atoms with Gasteiger partial charge < -0.3 is 14.4 Å². The lowest BCUT2D eigenvalue weighted by molar-refractivity contribution is 0.355. The largest absolute Gasteiger partial charge is 0.493 e. The number of rotatable bonds is 4. The maximum Gasteiger partial charge on any atom is 0.161 e. The number of fused-ring (bicyclic) bond motifs is 1. The van der Waals surface area contributed by atoms with Gasteiger partial charge in [0.1, 0.15) is 5.82 Å². The van der Waals surface area contributed by atoms with Gasteiger partial charge in [0.2, 0.25) is 0 Å². The quantitative estimate of drug-likeness (QED) is 0.718. The Kier molecular flexibility index (Phi) is 4.18. The second-order valence-electron chi connectivity index (χ2n) is 6.73. The lowest BCUT2D eigenvalue weighted by Crippen LogP contribution is -2.21. The molecule has 26 heavy (non-hydrogen) atoms. The van der Waals surface area contributed by atoms with Gasteiger partial charge in [0.05, 0.1) is 19.9 Å². The molecule has 0 spiro atoms. The lowest BCUT2D eigenvalue weighted by atomic mass is 10.1. The molecule has 1 aliphatic rings. The van der Waals surface area contributed by atoms with Gasteiger partial charge in [-0.3, -0.25) is 0 Å². The van der Waals surface area contributed by atoms with Crippen LogP contribution >= 0.6 is 0 Å². The van der Waals surface area contributed by atoms with Gasteiger partial charge in [0.25, 0.3) is 0 Å². The number of aryl methyl sites for hydroxylation is 2. The number of nitrogens with zero attached hydrogens (tertiary/aromatic N) is 4. The molecule has 0 radical (unpaired) electrons. The molecule has 0 bridgehead atoms. The van der Waals surface area contributed by atoms with Crippen molar-refractivity contribution < 1.29 is 9.47 Å². The van der Waals surface area contributed by atoms with E-state index >= 15 is 0 Å². The topological polar surface area (TPSA) is 51.9 Å². The first kappa shape index (κ1) is 16.7. The highest BCUT2D eigenvalue weighted by atomic mass is 16.5. The van der Waals surface area contributed by atoms with Crippen LogP contribution in [-0.2, 0) is 0 Å². The van der Waals surface area contributed by atoms with Crippen LogP contribution < -0.4 is 14.4 Å². The molecule has 1 aliphatic heterocycles. The second kappa shape index (κ2) is 6.52. The molecule has 6 heteroatoms. The standard InChI is InChI=1S/C20H24N4O2/c1-13-11-18(23-9-5-6-10-23)24-20(21-13)14(2)19(22-24)15-7-8-16(25-3)17(12-15)26-4/h7-8,11-12H,5-6,9-10H2,1-4H3. The zero-order valence-corrected chi connectivity index (χ0v) is 15.7. The minimum Gasteiger partial charge on any atom is -0.493 e. The third kappa shape index (κ3) is 2.66. The van der Waals surface area contributed by atoms with Crippen molar-refractivity contribution in [3.05, 3.63) is 35.5 Å². The monoisotopic (exact) mass is 352 g/mol. The maximum atomic E-state index is 5.45. The van der Waals surface area contributed by atoms with Crippen LogP contribution in [0, 0.1) is 13.8 Å². The van der Waals surface area contributed by atoms with Gasteiger partial charge in [-0.2, -0.15) is 9.61 Å². The van der Waals surface area contributed by atoms with Crippen molar-refractivity contribution in [3.8, 4) is 22.8 Å². The van der Waals surface area contributed by atoms with Crippen LogP contribution in [0.15, 0.2) is 24.3 Å². The summed E-state index contributed by atoms with van der Waals surface area (Å²) in [5.41, 5.74) is 4.92. The maximum absolute atomic E-state index is 5.45. The molecule has 1 saturated heterocycles. The lowest BCUT2D eigenvalue weighted by Gasteiger charge is -2.18. The zero-order valence-electron chi connectivity index (χ0n) is 15.7. The molecular weight excluding hydrogens is 328 g/mol. The summed E-state index contributed by atoms with van der Waals surface area (Å²) >= 11 is 0. The molecule has 0 unspecified atom stereocenters. The van der Waals surface area contributed by atoms with Gasteiger partial charge in [0, 0.05) is 36.0 Å². The summed E-state index contributed by atoms with van der Waals surface area (Å²) in [6.07, 6.45) is 2.46. The summed E-state index contributed by atoms with van der Waals surface area (Å²) in [5.74, 6) is 2.54. The van der Waals surface area contributed by atoms with Crippen molar-refractivity contribution in [2.45, 2.75) is 26.7 Å². The first-order chi connectivity index (χ1) is 12.6. The number of ether oxygens (including phenoxy) is 2. The van der Waals surface area contributed by atoms with Crippen molar-refractivity contribution in [3.63, 3.8) is 0 Å². The molecule has 0 saturated carbocycles. The Morgan fingerprint density at radius 3 is 2.38 bits per heavy atom. The minimum absolute atomic E-state index is 0.699. The predicted octanol–water partition coefficient (Wildman–Crippen LogP) is 3.63. The van der Waals surface area contributed by atoms with Crippen LogP contribution in [0.25, 0.3) is 16.9 Å². The van der Waals surface area contributed by atoms with E-state index in [1.807, 2.05) is 29.6 Å². The van der Waals surface area contributed by atoms with Crippen LogP contribution in [0.1, 0.15) is 24.1 Å². The van der Waals surface area contributed by atoms with E-state index in [9.17, 15) is 0 Å². The van der Waals surface area contributed by atoms with Gasteiger partial charge in [0.15, 0.2) is 17.1 Å². The van der Waals surface area contributed by atoms with Gasteiger partial charge in [-0.05, 0) is 44.9 Å². The van der Waals surface area contributed by atoms with Gasteiger partial charge in [-0.15, -0.1) is 0 Å². The summed E-state index contributed by atoms with van der Waals surface area (Å²) < 4.78 is 12.8. The Hall–Kier alpha value is -2.76. The summed E-state index contributed by atoms with van der Waals surface area (Å²) in [7, 11) is 3.29. The number of hydrogen-bond donors (Lipinski definition) is 0. The van der Waals surface area contributed by atoms with Crippen molar-refractivity contribution in [1.29, 1.82) is 0 Å². The molecule has 6 nitrogen and oxygen atoms in total. The normalized spacial score (nSPS) is 14.2. The Balaban J connectivity index is 1.89. The molecule has 3 heterocycles. The molecule has 3 aromatic rings. The average molecular weight is 352 g/mol. The highest BCUT2D eigenvalue weighted by Crippen LogP contribution is 2.34. The zero-order chi connectivity index (χ0) is 18.3. The third-order valence-corrected chi connectivity index (χ3v) is 5.02. The molecule has 136 valence electrons. The van der Waals surface area contributed by atoms with Gasteiger partial charge >= 0.3 is 0 Å². The van der Waals surface area contributed by atoms with E-state index < -0.39 is 0 Å².